The molecule has 1 fully saturated rings. The molecule has 72 valence electrons. The van der Waals surface area contributed by atoms with Crippen LogP contribution in [-0.2, 0) is 11.2 Å². The van der Waals surface area contributed by atoms with Gasteiger partial charge in [0.15, 0.2) is 0 Å². The maximum absolute atomic E-state index is 5.42. The van der Waals surface area contributed by atoms with Crippen molar-refractivity contribution >= 4 is 0 Å². The molecule has 0 radical (unpaired) electrons. The molecule has 1 aliphatic rings. The molecule has 2 rings (SSSR count). The van der Waals surface area contributed by atoms with Gasteiger partial charge in [-0.25, -0.2) is 4.68 Å². The highest BCUT2D eigenvalue weighted by Crippen LogP contribution is 2.17. The summed E-state index contributed by atoms with van der Waals surface area (Å²) in [5.41, 5.74) is 6.39. The molecular formula is C8H14N4O. The van der Waals surface area contributed by atoms with Crippen molar-refractivity contribution in [1.82, 2.24) is 15.0 Å². The molecule has 1 aromatic rings. The van der Waals surface area contributed by atoms with Gasteiger partial charge in [0.05, 0.1) is 18.3 Å². The summed E-state index contributed by atoms with van der Waals surface area (Å²) in [5.74, 6) is 0. The molecule has 1 aromatic heterocycles. The summed E-state index contributed by atoms with van der Waals surface area (Å²) >= 11 is 0. The van der Waals surface area contributed by atoms with E-state index in [0.717, 1.165) is 31.7 Å². The fourth-order valence-corrected chi connectivity index (χ4v) is 1.48. The van der Waals surface area contributed by atoms with Gasteiger partial charge in [0.2, 0.25) is 0 Å². The number of ether oxygens (including phenoxy) is 1. The van der Waals surface area contributed by atoms with Crippen molar-refractivity contribution in [2.75, 3.05) is 19.8 Å². The molecule has 0 saturated carbocycles. The van der Waals surface area contributed by atoms with Crippen LogP contribution in [0.15, 0.2) is 6.20 Å². The summed E-state index contributed by atoms with van der Waals surface area (Å²) in [4.78, 5) is 0. The Balaban J connectivity index is 2.03. The number of hydrogen-bond donors (Lipinski definition) is 1. The van der Waals surface area contributed by atoms with Gasteiger partial charge in [0.25, 0.3) is 0 Å². The van der Waals surface area contributed by atoms with E-state index in [2.05, 4.69) is 10.3 Å². The van der Waals surface area contributed by atoms with E-state index in [-0.39, 0.29) is 0 Å². The molecule has 0 spiro atoms. The van der Waals surface area contributed by atoms with E-state index in [1.807, 2.05) is 10.9 Å². The first-order valence-corrected chi connectivity index (χ1v) is 4.58. The molecule has 13 heavy (non-hydrogen) atoms. The van der Waals surface area contributed by atoms with Crippen LogP contribution in [0.1, 0.15) is 18.2 Å². The third-order valence-corrected chi connectivity index (χ3v) is 2.24. The Labute approximate surface area is 76.9 Å². The molecule has 5 nitrogen and oxygen atoms in total. The minimum absolute atomic E-state index is 0.374. The van der Waals surface area contributed by atoms with Crippen molar-refractivity contribution in [1.29, 1.82) is 0 Å². The summed E-state index contributed by atoms with van der Waals surface area (Å²) in [6, 6.07) is 0.374. The van der Waals surface area contributed by atoms with Crippen molar-refractivity contribution in [2.24, 2.45) is 5.73 Å². The zero-order valence-corrected chi connectivity index (χ0v) is 7.52. The van der Waals surface area contributed by atoms with E-state index in [4.69, 9.17) is 10.5 Å². The smallest absolute Gasteiger partial charge is 0.0839 e. The lowest BCUT2D eigenvalue weighted by Crippen LogP contribution is -2.09. The fourth-order valence-electron chi connectivity index (χ4n) is 1.48. The molecule has 5 heteroatoms. The highest BCUT2D eigenvalue weighted by atomic mass is 16.5. The van der Waals surface area contributed by atoms with Crippen LogP contribution < -0.4 is 5.73 Å². The van der Waals surface area contributed by atoms with E-state index in [1.54, 1.807) is 0 Å². The zero-order valence-electron chi connectivity index (χ0n) is 7.52. The SMILES string of the molecule is NCCc1cn(C2CCOC2)nn1. The van der Waals surface area contributed by atoms with Crippen LogP contribution >= 0.6 is 0 Å². The monoisotopic (exact) mass is 182 g/mol. The van der Waals surface area contributed by atoms with E-state index < -0.39 is 0 Å². The van der Waals surface area contributed by atoms with Crippen LogP contribution in [0, 0.1) is 0 Å². The fraction of sp³-hybridized carbons (Fsp3) is 0.750. The second-order valence-electron chi connectivity index (χ2n) is 3.25. The van der Waals surface area contributed by atoms with Crippen LogP contribution in [0.4, 0.5) is 0 Å². The van der Waals surface area contributed by atoms with Crippen molar-refractivity contribution in [3.63, 3.8) is 0 Å². The van der Waals surface area contributed by atoms with Crippen LogP contribution in [0.25, 0.3) is 0 Å². The molecule has 0 bridgehead atoms. The Kier molecular flexibility index (Phi) is 2.56. The Morgan fingerprint density at radius 1 is 1.69 bits per heavy atom. The maximum Gasteiger partial charge on any atom is 0.0839 e. The lowest BCUT2D eigenvalue weighted by atomic mass is 10.2. The number of hydrogen-bond acceptors (Lipinski definition) is 4. The van der Waals surface area contributed by atoms with Gasteiger partial charge in [-0.15, -0.1) is 5.10 Å². The molecule has 0 aromatic carbocycles. The molecule has 1 saturated heterocycles. The van der Waals surface area contributed by atoms with E-state index in [1.165, 1.54) is 0 Å². The summed E-state index contributed by atoms with van der Waals surface area (Å²) in [6.07, 6.45) is 3.80. The summed E-state index contributed by atoms with van der Waals surface area (Å²) in [7, 11) is 0. The molecule has 0 aliphatic carbocycles. The highest BCUT2D eigenvalue weighted by molar-refractivity contribution is 4.94. The van der Waals surface area contributed by atoms with Crippen LogP contribution in [0.2, 0.25) is 0 Å². The van der Waals surface area contributed by atoms with Gasteiger partial charge in [-0.3, -0.25) is 0 Å². The average Bonchev–Trinajstić information content (AvgIpc) is 2.70. The Morgan fingerprint density at radius 2 is 2.62 bits per heavy atom. The van der Waals surface area contributed by atoms with Gasteiger partial charge >= 0.3 is 0 Å². The van der Waals surface area contributed by atoms with Crippen LogP contribution in [-0.4, -0.2) is 34.8 Å². The quantitative estimate of drug-likeness (QED) is 0.699. The molecule has 0 amide bonds. The first-order valence-electron chi connectivity index (χ1n) is 4.58. The third-order valence-electron chi connectivity index (χ3n) is 2.24. The van der Waals surface area contributed by atoms with Crippen molar-refractivity contribution in [2.45, 2.75) is 18.9 Å². The lowest BCUT2D eigenvalue weighted by molar-refractivity contribution is 0.184. The minimum atomic E-state index is 0.374. The van der Waals surface area contributed by atoms with Gasteiger partial charge in [-0.1, -0.05) is 5.21 Å². The van der Waals surface area contributed by atoms with E-state index in [9.17, 15) is 0 Å². The van der Waals surface area contributed by atoms with Crippen molar-refractivity contribution in [3.8, 4) is 0 Å². The predicted octanol–water partition coefficient (Wildman–Crippen LogP) is -0.259. The van der Waals surface area contributed by atoms with E-state index in [0.29, 0.717) is 12.6 Å². The molecule has 1 aliphatic heterocycles. The predicted molar refractivity (Wildman–Crippen MR) is 47.3 cm³/mol. The van der Waals surface area contributed by atoms with Crippen molar-refractivity contribution in [3.05, 3.63) is 11.9 Å². The lowest BCUT2D eigenvalue weighted by Gasteiger charge is -2.04. The number of rotatable bonds is 3. The second-order valence-corrected chi connectivity index (χ2v) is 3.25. The van der Waals surface area contributed by atoms with Gasteiger partial charge in [0.1, 0.15) is 0 Å². The molecular weight excluding hydrogens is 168 g/mol. The molecule has 1 atom stereocenters. The Morgan fingerprint density at radius 3 is 3.31 bits per heavy atom. The number of aromatic nitrogens is 3. The number of nitrogens with two attached hydrogens (primary N) is 1. The Hall–Kier alpha value is -0.940. The topological polar surface area (TPSA) is 66.0 Å². The summed E-state index contributed by atoms with van der Waals surface area (Å²) in [6.45, 7) is 2.21. The molecule has 2 heterocycles. The van der Waals surface area contributed by atoms with Gasteiger partial charge in [-0.2, -0.15) is 0 Å². The standard InChI is InChI=1S/C8H14N4O/c9-3-1-7-5-12(11-10-7)8-2-4-13-6-8/h5,8H,1-4,6,9H2. The average molecular weight is 182 g/mol. The highest BCUT2D eigenvalue weighted by Gasteiger charge is 2.18. The first kappa shape index (κ1) is 8.65. The number of nitrogens with zero attached hydrogens (tertiary/aromatic N) is 3. The Bertz CT molecular complexity index is 267. The third kappa shape index (κ3) is 1.87. The molecule has 2 N–H and O–H groups in total. The summed E-state index contributed by atoms with van der Waals surface area (Å²) < 4.78 is 7.15. The first-order chi connectivity index (χ1) is 6.40. The van der Waals surface area contributed by atoms with Crippen molar-refractivity contribution < 1.29 is 4.74 Å². The zero-order chi connectivity index (χ0) is 9.10. The maximum atomic E-state index is 5.42. The van der Waals surface area contributed by atoms with Gasteiger partial charge in [-0.05, 0) is 13.0 Å². The minimum Gasteiger partial charge on any atom is -0.379 e. The molecule has 1 unspecified atom stereocenters. The van der Waals surface area contributed by atoms with Crippen LogP contribution in [0.5, 0.6) is 0 Å². The second kappa shape index (κ2) is 3.85. The van der Waals surface area contributed by atoms with Gasteiger partial charge < -0.3 is 10.5 Å². The van der Waals surface area contributed by atoms with Gasteiger partial charge in [0, 0.05) is 19.2 Å². The largest absolute Gasteiger partial charge is 0.379 e. The normalized spacial score (nSPS) is 22.4. The summed E-state index contributed by atoms with van der Waals surface area (Å²) in [5, 5.41) is 8.08. The van der Waals surface area contributed by atoms with Crippen LogP contribution in [0.3, 0.4) is 0 Å². The van der Waals surface area contributed by atoms with E-state index >= 15 is 0 Å².